The number of hydrogen-bond acceptors (Lipinski definition) is 4. The standard InChI is InChI=1S/C23H33N3S.BrH/c1-15-12-18-19(23(4,5)9-8-22(18,2)3)13-17(15)20-14-27-21(25-20)26-10-6-16(24)7-11-26;/h12-14,16H,6-11,24H2,1-5H3;1H. The quantitative estimate of drug-likeness (QED) is 0.595. The lowest BCUT2D eigenvalue weighted by Gasteiger charge is -2.42. The van der Waals surface area contributed by atoms with Gasteiger partial charge in [0.25, 0.3) is 0 Å². The minimum atomic E-state index is 0. The molecule has 1 aromatic heterocycles. The summed E-state index contributed by atoms with van der Waals surface area (Å²) in [4.78, 5) is 7.43. The summed E-state index contributed by atoms with van der Waals surface area (Å²) in [5.74, 6) is 0. The van der Waals surface area contributed by atoms with Crippen LogP contribution in [0.4, 0.5) is 5.13 Å². The van der Waals surface area contributed by atoms with E-state index in [1.54, 1.807) is 11.3 Å². The Kier molecular flexibility index (Phi) is 6.02. The van der Waals surface area contributed by atoms with Gasteiger partial charge in [-0.15, -0.1) is 28.3 Å². The van der Waals surface area contributed by atoms with E-state index in [4.69, 9.17) is 10.7 Å². The minimum absolute atomic E-state index is 0. The third-order valence-electron chi connectivity index (χ3n) is 6.78. The van der Waals surface area contributed by atoms with Gasteiger partial charge in [-0.1, -0.05) is 33.8 Å². The number of aryl methyl sites for hydroxylation is 1. The maximum absolute atomic E-state index is 6.06. The molecule has 1 aliphatic heterocycles. The first kappa shape index (κ1) is 21.8. The largest absolute Gasteiger partial charge is 0.348 e. The van der Waals surface area contributed by atoms with Gasteiger partial charge in [-0.3, -0.25) is 0 Å². The predicted octanol–water partition coefficient (Wildman–Crippen LogP) is 5.97. The molecule has 1 fully saturated rings. The first-order valence-corrected chi connectivity index (χ1v) is 11.2. The van der Waals surface area contributed by atoms with Crippen LogP contribution < -0.4 is 10.6 Å². The van der Waals surface area contributed by atoms with E-state index in [0.717, 1.165) is 36.8 Å². The lowest BCUT2D eigenvalue weighted by Crippen LogP contribution is -2.39. The molecule has 1 aliphatic carbocycles. The van der Waals surface area contributed by atoms with Gasteiger partial charge >= 0.3 is 0 Å². The molecule has 5 heteroatoms. The van der Waals surface area contributed by atoms with E-state index in [0.29, 0.717) is 6.04 Å². The van der Waals surface area contributed by atoms with Gasteiger partial charge in [0.15, 0.2) is 5.13 Å². The Bertz CT molecular complexity index is 848. The molecule has 154 valence electrons. The average molecular weight is 465 g/mol. The van der Waals surface area contributed by atoms with Crippen LogP contribution in [-0.2, 0) is 10.8 Å². The van der Waals surface area contributed by atoms with Gasteiger partial charge in [-0.2, -0.15) is 0 Å². The Morgan fingerprint density at radius 1 is 1.04 bits per heavy atom. The summed E-state index contributed by atoms with van der Waals surface area (Å²) in [6.07, 6.45) is 4.63. The zero-order valence-electron chi connectivity index (χ0n) is 17.8. The third kappa shape index (κ3) is 3.90. The highest BCUT2D eigenvalue weighted by Crippen LogP contribution is 2.47. The normalized spacial score (nSPS) is 21.1. The smallest absolute Gasteiger partial charge is 0.185 e. The van der Waals surface area contributed by atoms with E-state index in [-0.39, 0.29) is 27.8 Å². The van der Waals surface area contributed by atoms with Gasteiger partial charge in [0.1, 0.15) is 0 Å². The summed E-state index contributed by atoms with van der Waals surface area (Å²) in [6.45, 7) is 13.9. The van der Waals surface area contributed by atoms with E-state index in [2.05, 4.69) is 57.0 Å². The Morgan fingerprint density at radius 2 is 1.61 bits per heavy atom. The number of thiazole rings is 1. The molecule has 2 heterocycles. The van der Waals surface area contributed by atoms with Crippen molar-refractivity contribution in [3.63, 3.8) is 0 Å². The fraction of sp³-hybridized carbons (Fsp3) is 0.609. The van der Waals surface area contributed by atoms with Crippen molar-refractivity contribution >= 4 is 33.4 Å². The van der Waals surface area contributed by atoms with Gasteiger partial charge in [-0.25, -0.2) is 4.98 Å². The van der Waals surface area contributed by atoms with Crippen LogP contribution in [0.3, 0.4) is 0 Å². The molecule has 0 bridgehead atoms. The molecule has 0 unspecified atom stereocenters. The number of aromatic nitrogens is 1. The lowest BCUT2D eigenvalue weighted by atomic mass is 9.62. The second-order valence-electron chi connectivity index (χ2n) is 9.82. The molecule has 2 N–H and O–H groups in total. The van der Waals surface area contributed by atoms with E-state index in [1.165, 1.54) is 35.1 Å². The van der Waals surface area contributed by atoms with Gasteiger partial charge in [-0.05, 0) is 66.2 Å². The van der Waals surface area contributed by atoms with Gasteiger partial charge in [0.2, 0.25) is 0 Å². The van der Waals surface area contributed by atoms with Crippen molar-refractivity contribution in [3.8, 4) is 11.3 Å². The molecular formula is C23H34BrN3S. The first-order chi connectivity index (χ1) is 12.7. The molecule has 0 atom stereocenters. The molecule has 0 spiro atoms. The van der Waals surface area contributed by atoms with Crippen molar-refractivity contribution < 1.29 is 0 Å². The van der Waals surface area contributed by atoms with Crippen LogP contribution >= 0.6 is 28.3 Å². The number of nitrogens with two attached hydrogens (primary N) is 1. The Hall–Kier alpha value is -0.910. The molecule has 3 nitrogen and oxygen atoms in total. The van der Waals surface area contributed by atoms with Crippen LogP contribution in [0.5, 0.6) is 0 Å². The lowest BCUT2D eigenvalue weighted by molar-refractivity contribution is 0.332. The van der Waals surface area contributed by atoms with Crippen molar-refractivity contribution in [2.45, 2.75) is 77.2 Å². The van der Waals surface area contributed by atoms with E-state index in [9.17, 15) is 0 Å². The average Bonchev–Trinajstić information content (AvgIpc) is 3.09. The number of halogens is 1. The summed E-state index contributed by atoms with van der Waals surface area (Å²) in [7, 11) is 0. The summed E-state index contributed by atoms with van der Waals surface area (Å²) >= 11 is 1.77. The molecule has 2 aromatic rings. The van der Waals surface area contributed by atoms with Crippen molar-refractivity contribution in [1.82, 2.24) is 4.98 Å². The van der Waals surface area contributed by atoms with Crippen LogP contribution in [0.1, 0.15) is 70.1 Å². The predicted molar refractivity (Wildman–Crippen MR) is 127 cm³/mol. The Morgan fingerprint density at radius 3 is 2.21 bits per heavy atom. The Balaban J connectivity index is 0.00000225. The van der Waals surface area contributed by atoms with Crippen LogP contribution in [0, 0.1) is 6.92 Å². The second kappa shape index (κ2) is 7.73. The first-order valence-electron chi connectivity index (χ1n) is 10.3. The van der Waals surface area contributed by atoms with Gasteiger partial charge < -0.3 is 10.6 Å². The molecule has 4 rings (SSSR count). The van der Waals surface area contributed by atoms with Gasteiger partial charge in [0.05, 0.1) is 5.69 Å². The van der Waals surface area contributed by atoms with E-state index in [1.807, 2.05) is 0 Å². The highest BCUT2D eigenvalue weighted by atomic mass is 79.9. The summed E-state index contributed by atoms with van der Waals surface area (Å²) in [5, 5.41) is 3.38. The fourth-order valence-corrected chi connectivity index (χ4v) is 5.50. The van der Waals surface area contributed by atoms with Crippen molar-refractivity contribution in [2.75, 3.05) is 18.0 Å². The van der Waals surface area contributed by atoms with E-state index < -0.39 is 0 Å². The number of nitrogens with zero attached hydrogens (tertiary/aromatic N) is 2. The molecule has 1 aromatic carbocycles. The number of rotatable bonds is 2. The third-order valence-corrected chi connectivity index (χ3v) is 7.68. The number of benzene rings is 1. The maximum Gasteiger partial charge on any atom is 0.185 e. The molecule has 0 saturated carbocycles. The maximum atomic E-state index is 6.06. The Labute approximate surface area is 184 Å². The monoisotopic (exact) mass is 463 g/mol. The van der Waals surface area contributed by atoms with Crippen LogP contribution in [0.2, 0.25) is 0 Å². The van der Waals surface area contributed by atoms with Crippen LogP contribution in [-0.4, -0.2) is 24.1 Å². The zero-order valence-corrected chi connectivity index (χ0v) is 20.4. The van der Waals surface area contributed by atoms with Gasteiger partial charge in [0, 0.05) is 30.1 Å². The SMILES string of the molecule is Br.Cc1cc2c(cc1-c1csc(N3CCC(N)CC3)n1)C(C)(C)CCC2(C)C. The van der Waals surface area contributed by atoms with Crippen molar-refractivity contribution in [2.24, 2.45) is 5.73 Å². The number of anilines is 1. The minimum Gasteiger partial charge on any atom is -0.348 e. The van der Waals surface area contributed by atoms with Crippen molar-refractivity contribution in [3.05, 3.63) is 34.2 Å². The zero-order chi connectivity index (χ0) is 19.4. The molecule has 0 radical (unpaired) electrons. The molecular weight excluding hydrogens is 430 g/mol. The summed E-state index contributed by atoms with van der Waals surface area (Å²) in [5.41, 5.74) is 13.4. The van der Waals surface area contributed by atoms with Crippen LogP contribution in [0.25, 0.3) is 11.3 Å². The fourth-order valence-electron chi connectivity index (χ4n) is 4.62. The second-order valence-corrected chi connectivity index (χ2v) is 10.7. The molecule has 0 amide bonds. The number of hydrogen-bond donors (Lipinski definition) is 1. The molecule has 28 heavy (non-hydrogen) atoms. The molecule has 2 aliphatic rings. The summed E-state index contributed by atoms with van der Waals surface area (Å²) < 4.78 is 0. The van der Waals surface area contributed by atoms with Crippen LogP contribution in [0.15, 0.2) is 17.5 Å². The number of piperidine rings is 1. The molecule has 1 saturated heterocycles. The summed E-state index contributed by atoms with van der Waals surface area (Å²) in [6, 6.07) is 5.23. The van der Waals surface area contributed by atoms with Crippen molar-refractivity contribution in [1.29, 1.82) is 0 Å². The van der Waals surface area contributed by atoms with E-state index >= 15 is 0 Å². The highest BCUT2D eigenvalue weighted by molar-refractivity contribution is 8.93. The number of fused-ring (bicyclic) bond motifs is 1. The highest BCUT2D eigenvalue weighted by Gasteiger charge is 2.37. The topological polar surface area (TPSA) is 42.1 Å².